The number of hydrogen-bond acceptors (Lipinski definition) is 4. The molecule has 0 aliphatic rings. The zero-order valence-corrected chi connectivity index (χ0v) is 11.9. The Morgan fingerprint density at radius 3 is 2.86 bits per heavy atom. The molecule has 0 aliphatic heterocycles. The van der Waals surface area contributed by atoms with Crippen LogP contribution >= 0.6 is 0 Å². The summed E-state index contributed by atoms with van der Waals surface area (Å²) < 4.78 is 1.75. The Bertz CT molecular complexity index is 740. The second-order valence-corrected chi connectivity index (χ2v) is 4.70. The van der Waals surface area contributed by atoms with Crippen molar-refractivity contribution in [2.45, 2.75) is 6.42 Å². The van der Waals surface area contributed by atoms with Crippen LogP contribution in [0.2, 0.25) is 0 Å². The van der Waals surface area contributed by atoms with Crippen molar-refractivity contribution in [2.75, 3.05) is 6.54 Å². The lowest BCUT2D eigenvalue weighted by molar-refractivity contribution is 0.0954. The normalized spacial score (nSPS) is 10.4. The molecular formula is C16H15N5O. The van der Waals surface area contributed by atoms with E-state index >= 15 is 0 Å². The van der Waals surface area contributed by atoms with Crippen molar-refractivity contribution in [2.24, 2.45) is 0 Å². The van der Waals surface area contributed by atoms with Crippen LogP contribution in [0, 0.1) is 0 Å². The predicted molar refractivity (Wildman–Crippen MR) is 81.6 cm³/mol. The topological polar surface area (TPSA) is 72.7 Å². The van der Waals surface area contributed by atoms with Gasteiger partial charge in [-0.15, -0.1) is 0 Å². The summed E-state index contributed by atoms with van der Waals surface area (Å²) in [6.07, 6.45) is 9.16. The number of carbonyl (C=O) groups is 1. The van der Waals surface area contributed by atoms with Crippen molar-refractivity contribution >= 4 is 5.91 Å². The number of imidazole rings is 1. The number of carbonyl (C=O) groups excluding carboxylic acids is 1. The van der Waals surface area contributed by atoms with Gasteiger partial charge in [-0.05, 0) is 24.3 Å². The molecule has 0 aliphatic carbocycles. The van der Waals surface area contributed by atoms with Crippen LogP contribution in [0.1, 0.15) is 16.1 Å². The maximum atomic E-state index is 12.2. The van der Waals surface area contributed by atoms with Crippen molar-refractivity contribution in [1.82, 2.24) is 24.8 Å². The summed E-state index contributed by atoms with van der Waals surface area (Å²) in [4.78, 5) is 24.6. The van der Waals surface area contributed by atoms with Crippen molar-refractivity contribution in [3.05, 3.63) is 72.7 Å². The lowest BCUT2D eigenvalue weighted by atomic mass is 10.2. The second kappa shape index (κ2) is 6.62. The summed E-state index contributed by atoms with van der Waals surface area (Å²) in [7, 11) is 0. The maximum Gasteiger partial charge on any atom is 0.251 e. The highest BCUT2D eigenvalue weighted by molar-refractivity contribution is 5.94. The second-order valence-electron chi connectivity index (χ2n) is 4.70. The molecule has 0 spiro atoms. The average molecular weight is 293 g/mol. The van der Waals surface area contributed by atoms with E-state index in [0.29, 0.717) is 24.3 Å². The highest BCUT2D eigenvalue weighted by Gasteiger charge is 2.07. The summed E-state index contributed by atoms with van der Waals surface area (Å²) in [6, 6.07) is 9.17. The van der Waals surface area contributed by atoms with E-state index in [1.165, 1.54) is 0 Å². The minimum Gasteiger partial charge on any atom is -0.352 e. The largest absolute Gasteiger partial charge is 0.352 e. The first-order chi connectivity index (χ1) is 10.8. The average Bonchev–Trinajstić information content (AvgIpc) is 3.10. The van der Waals surface area contributed by atoms with E-state index in [-0.39, 0.29) is 5.91 Å². The molecule has 3 rings (SSSR count). The SMILES string of the molecule is O=C(NCCc1ccccn1)c1ccnc(-n2ccnc2)c1. The van der Waals surface area contributed by atoms with Gasteiger partial charge < -0.3 is 5.32 Å². The molecule has 22 heavy (non-hydrogen) atoms. The quantitative estimate of drug-likeness (QED) is 0.776. The molecule has 0 saturated heterocycles. The van der Waals surface area contributed by atoms with E-state index in [9.17, 15) is 4.79 Å². The fourth-order valence-electron chi connectivity index (χ4n) is 2.05. The summed E-state index contributed by atoms with van der Waals surface area (Å²) >= 11 is 0. The lowest BCUT2D eigenvalue weighted by Crippen LogP contribution is -2.26. The highest BCUT2D eigenvalue weighted by atomic mass is 16.1. The number of aromatic nitrogens is 4. The van der Waals surface area contributed by atoms with E-state index in [1.807, 2.05) is 18.2 Å². The van der Waals surface area contributed by atoms with Gasteiger partial charge in [-0.25, -0.2) is 9.97 Å². The molecule has 110 valence electrons. The van der Waals surface area contributed by atoms with E-state index in [0.717, 1.165) is 5.69 Å². The number of rotatable bonds is 5. The van der Waals surface area contributed by atoms with E-state index in [1.54, 1.807) is 47.8 Å². The smallest absolute Gasteiger partial charge is 0.251 e. The molecule has 0 atom stereocenters. The lowest BCUT2D eigenvalue weighted by Gasteiger charge is -2.06. The van der Waals surface area contributed by atoms with Gasteiger partial charge in [0.25, 0.3) is 5.91 Å². The van der Waals surface area contributed by atoms with E-state index in [2.05, 4.69) is 20.3 Å². The van der Waals surface area contributed by atoms with Gasteiger partial charge in [-0.3, -0.25) is 14.3 Å². The van der Waals surface area contributed by atoms with Crippen LogP contribution in [0.3, 0.4) is 0 Å². The Morgan fingerprint density at radius 2 is 2.09 bits per heavy atom. The molecule has 0 saturated carbocycles. The molecule has 0 aromatic carbocycles. The number of nitrogens with one attached hydrogen (secondary N) is 1. The van der Waals surface area contributed by atoms with Crippen LogP contribution < -0.4 is 5.32 Å². The summed E-state index contributed by atoms with van der Waals surface area (Å²) in [6.45, 7) is 0.540. The molecule has 3 heterocycles. The minimum atomic E-state index is -0.125. The number of amides is 1. The third-order valence-electron chi connectivity index (χ3n) is 3.17. The predicted octanol–water partition coefficient (Wildman–Crippen LogP) is 1.63. The first-order valence-corrected chi connectivity index (χ1v) is 6.95. The van der Waals surface area contributed by atoms with Gasteiger partial charge in [-0.1, -0.05) is 6.07 Å². The number of pyridine rings is 2. The van der Waals surface area contributed by atoms with Gasteiger partial charge >= 0.3 is 0 Å². The zero-order chi connectivity index (χ0) is 15.2. The molecule has 1 N–H and O–H groups in total. The molecule has 6 nitrogen and oxygen atoms in total. The Labute approximate surface area is 127 Å². The zero-order valence-electron chi connectivity index (χ0n) is 11.9. The van der Waals surface area contributed by atoms with E-state index in [4.69, 9.17) is 0 Å². The van der Waals surface area contributed by atoms with Gasteiger partial charge in [0.15, 0.2) is 0 Å². The van der Waals surface area contributed by atoms with Gasteiger partial charge in [0, 0.05) is 49.0 Å². The monoisotopic (exact) mass is 293 g/mol. The Balaban J connectivity index is 1.62. The van der Waals surface area contributed by atoms with Crippen molar-refractivity contribution in [3.8, 4) is 5.82 Å². The molecule has 0 radical (unpaired) electrons. The van der Waals surface area contributed by atoms with Gasteiger partial charge in [-0.2, -0.15) is 0 Å². The van der Waals surface area contributed by atoms with Crippen LogP contribution in [-0.2, 0) is 6.42 Å². The van der Waals surface area contributed by atoms with Crippen LogP contribution in [0.15, 0.2) is 61.4 Å². The minimum absolute atomic E-state index is 0.125. The molecule has 0 unspecified atom stereocenters. The molecule has 3 aromatic rings. The van der Waals surface area contributed by atoms with Crippen LogP contribution in [0.4, 0.5) is 0 Å². The van der Waals surface area contributed by atoms with Crippen LogP contribution in [0.25, 0.3) is 5.82 Å². The van der Waals surface area contributed by atoms with Gasteiger partial charge in [0.1, 0.15) is 12.1 Å². The van der Waals surface area contributed by atoms with Gasteiger partial charge in [0.05, 0.1) is 0 Å². The maximum absolute atomic E-state index is 12.2. The van der Waals surface area contributed by atoms with Crippen LogP contribution in [0.5, 0.6) is 0 Å². The van der Waals surface area contributed by atoms with Crippen molar-refractivity contribution in [3.63, 3.8) is 0 Å². The number of nitrogens with zero attached hydrogens (tertiary/aromatic N) is 4. The fourth-order valence-corrected chi connectivity index (χ4v) is 2.05. The van der Waals surface area contributed by atoms with Gasteiger partial charge in [0.2, 0.25) is 0 Å². The molecule has 3 aromatic heterocycles. The number of hydrogen-bond donors (Lipinski definition) is 1. The molecule has 0 bridgehead atoms. The molecule has 6 heteroatoms. The first kappa shape index (κ1) is 13.9. The summed E-state index contributed by atoms with van der Waals surface area (Å²) in [5.74, 6) is 0.537. The van der Waals surface area contributed by atoms with Crippen molar-refractivity contribution in [1.29, 1.82) is 0 Å². The highest BCUT2D eigenvalue weighted by Crippen LogP contribution is 2.06. The molecule has 0 fully saturated rings. The fraction of sp³-hybridized carbons (Fsp3) is 0.125. The Hall–Kier alpha value is -3.02. The molecular weight excluding hydrogens is 278 g/mol. The third-order valence-corrected chi connectivity index (χ3v) is 3.17. The van der Waals surface area contributed by atoms with Crippen LogP contribution in [-0.4, -0.2) is 32.0 Å². The van der Waals surface area contributed by atoms with E-state index < -0.39 is 0 Å². The third kappa shape index (κ3) is 3.35. The molecule has 1 amide bonds. The summed E-state index contributed by atoms with van der Waals surface area (Å²) in [5, 5.41) is 2.89. The Morgan fingerprint density at radius 1 is 1.14 bits per heavy atom. The Kier molecular flexibility index (Phi) is 4.20. The van der Waals surface area contributed by atoms with Crippen molar-refractivity contribution < 1.29 is 4.79 Å². The first-order valence-electron chi connectivity index (χ1n) is 6.95. The standard InChI is InChI=1S/C16H15N5O/c22-16(20-8-5-14-3-1-2-6-18-14)13-4-7-19-15(11-13)21-10-9-17-12-21/h1-4,6-7,9-12H,5,8H2,(H,20,22). The summed E-state index contributed by atoms with van der Waals surface area (Å²) in [5.41, 5.74) is 1.52.